The summed E-state index contributed by atoms with van der Waals surface area (Å²) in [5, 5.41) is 2.94. The number of hydrogen-bond donors (Lipinski definition) is 1. The maximum atomic E-state index is 12.4. The molecule has 0 radical (unpaired) electrons. The van der Waals surface area contributed by atoms with Crippen LogP contribution in [0.3, 0.4) is 0 Å². The molecular weight excluding hydrogens is 306 g/mol. The minimum Gasteiger partial charge on any atom is -0.497 e. The van der Waals surface area contributed by atoms with Gasteiger partial charge >= 0.3 is 0 Å². The fraction of sp³-hybridized carbons (Fsp3) is 0.316. The van der Waals surface area contributed by atoms with Gasteiger partial charge in [0.2, 0.25) is 0 Å². The van der Waals surface area contributed by atoms with Crippen molar-refractivity contribution in [2.75, 3.05) is 14.2 Å². The van der Waals surface area contributed by atoms with Gasteiger partial charge in [-0.05, 0) is 44.2 Å². The Morgan fingerprint density at radius 2 is 1.54 bits per heavy atom. The first-order valence-corrected chi connectivity index (χ1v) is 7.79. The molecule has 128 valence electrons. The monoisotopic (exact) mass is 329 g/mol. The predicted molar refractivity (Wildman–Crippen MR) is 92.6 cm³/mol. The number of methoxy groups -OCH3 is 2. The SMILES string of the molecule is COc1ccc(O[C@@H](C)C(=O)N[C@@H](C)c2ccccc2OC)cc1. The molecule has 2 rings (SSSR count). The van der Waals surface area contributed by atoms with Gasteiger partial charge in [0.05, 0.1) is 20.3 Å². The summed E-state index contributed by atoms with van der Waals surface area (Å²) in [6.07, 6.45) is -0.615. The van der Waals surface area contributed by atoms with Crippen LogP contribution in [0.1, 0.15) is 25.5 Å². The Labute approximate surface area is 142 Å². The molecular formula is C19H23NO4. The van der Waals surface area contributed by atoms with E-state index >= 15 is 0 Å². The summed E-state index contributed by atoms with van der Waals surface area (Å²) in [5.74, 6) is 1.91. The molecule has 0 aliphatic heterocycles. The third-order valence-electron chi connectivity index (χ3n) is 3.71. The fourth-order valence-corrected chi connectivity index (χ4v) is 2.34. The number of nitrogens with one attached hydrogen (secondary N) is 1. The molecule has 0 fully saturated rings. The lowest BCUT2D eigenvalue weighted by atomic mass is 10.1. The van der Waals surface area contributed by atoms with Gasteiger partial charge in [-0.25, -0.2) is 0 Å². The minimum atomic E-state index is -0.615. The van der Waals surface area contributed by atoms with Crippen molar-refractivity contribution in [2.24, 2.45) is 0 Å². The summed E-state index contributed by atoms with van der Waals surface area (Å²) < 4.78 is 16.1. The third-order valence-corrected chi connectivity index (χ3v) is 3.71. The van der Waals surface area contributed by atoms with Crippen molar-refractivity contribution >= 4 is 5.91 Å². The molecule has 5 nitrogen and oxygen atoms in total. The van der Waals surface area contributed by atoms with Gasteiger partial charge < -0.3 is 19.5 Å². The second-order valence-corrected chi connectivity index (χ2v) is 5.41. The zero-order valence-electron chi connectivity index (χ0n) is 14.4. The normalized spacial score (nSPS) is 12.8. The highest BCUT2D eigenvalue weighted by Gasteiger charge is 2.19. The third kappa shape index (κ3) is 4.41. The first kappa shape index (κ1) is 17.7. The molecule has 24 heavy (non-hydrogen) atoms. The smallest absolute Gasteiger partial charge is 0.261 e. The van der Waals surface area contributed by atoms with Crippen molar-refractivity contribution in [3.05, 3.63) is 54.1 Å². The lowest BCUT2D eigenvalue weighted by Gasteiger charge is -2.20. The van der Waals surface area contributed by atoms with Crippen molar-refractivity contribution in [3.8, 4) is 17.2 Å². The molecule has 1 N–H and O–H groups in total. The van der Waals surface area contributed by atoms with Crippen LogP contribution in [0.15, 0.2) is 48.5 Å². The van der Waals surface area contributed by atoms with Crippen LogP contribution in [-0.2, 0) is 4.79 Å². The Hall–Kier alpha value is -2.69. The highest BCUT2D eigenvalue weighted by molar-refractivity contribution is 5.81. The van der Waals surface area contributed by atoms with E-state index in [1.165, 1.54) is 0 Å². The lowest BCUT2D eigenvalue weighted by molar-refractivity contribution is -0.127. The van der Waals surface area contributed by atoms with Crippen LogP contribution in [-0.4, -0.2) is 26.2 Å². The molecule has 0 saturated carbocycles. The average Bonchev–Trinajstić information content (AvgIpc) is 2.62. The van der Waals surface area contributed by atoms with E-state index in [4.69, 9.17) is 14.2 Å². The summed E-state index contributed by atoms with van der Waals surface area (Å²) in [5.41, 5.74) is 0.921. The molecule has 2 aromatic rings. The van der Waals surface area contributed by atoms with E-state index in [-0.39, 0.29) is 11.9 Å². The van der Waals surface area contributed by atoms with Crippen LogP contribution in [0, 0.1) is 0 Å². The van der Waals surface area contributed by atoms with Crippen molar-refractivity contribution in [1.82, 2.24) is 5.32 Å². The van der Waals surface area contributed by atoms with Crippen molar-refractivity contribution in [2.45, 2.75) is 26.0 Å². The second kappa shape index (κ2) is 8.24. The van der Waals surface area contributed by atoms with Crippen molar-refractivity contribution in [1.29, 1.82) is 0 Å². The number of amides is 1. The van der Waals surface area contributed by atoms with Crippen LogP contribution >= 0.6 is 0 Å². The largest absolute Gasteiger partial charge is 0.497 e. The molecule has 0 bridgehead atoms. The second-order valence-electron chi connectivity index (χ2n) is 5.41. The van der Waals surface area contributed by atoms with E-state index in [0.717, 1.165) is 17.1 Å². The Balaban J connectivity index is 1.97. The Bertz CT molecular complexity index is 669. The maximum Gasteiger partial charge on any atom is 0.261 e. The van der Waals surface area contributed by atoms with E-state index in [1.54, 1.807) is 45.4 Å². The topological polar surface area (TPSA) is 56.8 Å². The van der Waals surface area contributed by atoms with Crippen LogP contribution in [0.25, 0.3) is 0 Å². The summed E-state index contributed by atoms with van der Waals surface area (Å²) in [6, 6.07) is 14.5. The summed E-state index contributed by atoms with van der Waals surface area (Å²) in [6.45, 7) is 3.63. The summed E-state index contributed by atoms with van der Waals surface area (Å²) >= 11 is 0. The molecule has 2 aromatic carbocycles. The van der Waals surface area contributed by atoms with Crippen LogP contribution < -0.4 is 19.5 Å². The average molecular weight is 329 g/mol. The highest BCUT2D eigenvalue weighted by Crippen LogP contribution is 2.24. The van der Waals surface area contributed by atoms with Crippen LogP contribution in [0.5, 0.6) is 17.2 Å². The van der Waals surface area contributed by atoms with Crippen LogP contribution in [0.2, 0.25) is 0 Å². The van der Waals surface area contributed by atoms with Crippen molar-refractivity contribution < 1.29 is 19.0 Å². The number of carbonyl (C=O) groups excluding carboxylic acids is 1. The molecule has 1 amide bonds. The lowest BCUT2D eigenvalue weighted by Crippen LogP contribution is -2.37. The maximum absolute atomic E-state index is 12.4. The fourth-order valence-electron chi connectivity index (χ4n) is 2.34. The van der Waals surface area contributed by atoms with Gasteiger partial charge in [-0.1, -0.05) is 18.2 Å². The quantitative estimate of drug-likeness (QED) is 0.846. The number of para-hydroxylation sites is 1. The van der Waals surface area contributed by atoms with Crippen molar-refractivity contribution in [3.63, 3.8) is 0 Å². The molecule has 5 heteroatoms. The van der Waals surface area contributed by atoms with E-state index in [1.807, 2.05) is 31.2 Å². The van der Waals surface area contributed by atoms with E-state index in [2.05, 4.69) is 5.32 Å². The van der Waals surface area contributed by atoms with E-state index < -0.39 is 6.10 Å². The Morgan fingerprint density at radius 1 is 0.917 bits per heavy atom. The number of ether oxygens (including phenoxy) is 3. The molecule has 0 spiro atoms. The Kier molecular flexibility index (Phi) is 6.07. The van der Waals surface area contributed by atoms with E-state index in [0.29, 0.717) is 5.75 Å². The molecule has 0 unspecified atom stereocenters. The predicted octanol–water partition coefficient (Wildman–Crippen LogP) is 3.35. The van der Waals surface area contributed by atoms with Gasteiger partial charge in [0.1, 0.15) is 17.2 Å². The minimum absolute atomic E-state index is 0.185. The highest BCUT2D eigenvalue weighted by atomic mass is 16.5. The molecule has 0 saturated heterocycles. The van der Waals surface area contributed by atoms with Gasteiger partial charge in [-0.2, -0.15) is 0 Å². The number of rotatable bonds is 7. The first-order valence-electron chi connectivity index (χ1n) is 7.79. The van der Waals surface area contributed by atoms with Crippen LogP contribution in [0.4, 0.5) is 0 Å². The number of hydrogen-bond acceptors (Lipinski definition) is 4. The zero-order valence-corrected chi connectivity index (χ0v) is 14.4. The molecule has 0 aliphatic carbocycles. The van der Waals surface area contributed by atoms with Gasteiger partial charge in [0.25, 0.3) is 5.91 Å². The Morgan fingerprint density at radius 3 is 2.17 bits per heavy atom. The summed E-state index contributed by atoms with van der Waals surface area (Å²) in [7, 11) is 3.22. The molecule has 2 atom stereocenters. The first-order chi connectivity index (χ1) is 11.5. The molecule has 0 aromatic heterocycles. The number of benzene rings is 2. The standard InChI is InChI=1S/C19H23NO4/c1-13(17-7-5-6-8-18(17)23-4)20-19(21)14(2)24-16-11-9-15(22-3)10-12-16/h5-14H,1-4H3,(H,20,21)/t13-,14-/m0/s1. The zero-order chi connectivity index (χ0) is 17.5. The van der Waals surface area contributed by atoms with Gasteiger partial charge in [-0.3, -0.25) is 4.79 Å². The number of carbonyl (C=O) groups is 1. The van der Waals surface area contributed by atoms with Gasteiger partial charge in [-0.15, -0.1) is 0 Å². The van der Waals surface area contributed by atoms with Gasteiger partial charge in [0.15, 0.2) is 6.10 Å². The molecule has 0 heterocycles. The van der Waals surface area contributed by atoms with E-state index in [9.17, 15) is 4.79 Å². The molecule has 0 aliphatic rings. The van der Waals surface area contributed by atoms with Gasteiger partial charge in [0, 0.05) is 5.56 Å². The summed E-state index contributed by atoms with van der Waals surface area (Å²) in [4.78, 5) is 12.4.